The number of aliphatic hydroxyl groups excluding tert-OH is 1. The second-order valence-electron chi connectivity index (χ2n) is 2.90. The Hall–Kier alpha value is -0.220. The van der Waals surface area contributed by atoms with Crippen LogP contribution < -0.4 is 0 Å². The minimum Gasteiger partial charge on any atom is -0.363 e. The second-order valence-corrected chi connectivity index (χ2v) is 2.90. The van der Waals surface area contributed by atoms with Crippen LogP contribution in [0, 0.1) is 5.92 Å². The van der Waals surface area contributed by atoms with Crippen LogP contribution in [0.2, 0.25) is 0 Å². The zero-order valence-electron chi connectivity index (χ0n) is 6.55. The van der Waals surface area contributed by atoms with Crippen LogP contribution in [0.3, 0.4) is 0 Å². The Morgan fingerprint density at radius 3 is 2.27 bits per heavy atom. The lowest BCUT2D eigenvalue weighted by molar-refractivity contribution is -0.191. The summed E-state index contributed by atoms with van der Waals surface area (Å²) in [5.41, 5.74) is 0. The molecular weight excluding hydrogens is 154 g/mol. The van der Waals surface area contributed by atoms with Gasteiger partial charge >= 0.3 is 5.92 Å². The maximum atomic E-state index is 12.8. The highest BCUT2D eigenvalue weighted by atomic mass is 19.3. The maximum absolute atomic E-state index is 12.8. The van der Waals surface area contributed by atoms with Crippen molar-refractivity contribution in [1.29, 1.82) is 0 Å². The summed E-state index contributed by atoms with van der Waals surface area (Å²) in [7, 11) is 0. The van der Waals surface area contributed by atoms with Crippen LogP contribution in [-0.4, -0.2) is 23.4 Å². The third kappa shape index (κ3) is 1.25. The first-order chi connectivity index (χ1) is 5.00. The van der Waals surface area contributed by atoms with E-state index in [1.54, 1.807) is 6.92 Å². The fourth-order valence-corrected chi connectivity index (χ4v) is 1.30. The molecule has 0 aromatic rings. The van der Waals surface area contributed by atoms with Gasteiger partial charge in [0.25, 0.3) is 0 Å². The molecule has 11 heavy (non-hydrogen) atoms. The predicted molar refractivity (Wildman–Crippen MR) is 35.3 cm³/mol. The van der Waals surface area contributed by atoms with E-state index < -0.39 is 24.2 Å². The first-order valence-corrected chi connectivity index (χ1v) is 3.71. The van der Waals surface area contributed by atoms with E-state index >= 15 is 0 Å². The lowest BCUT2D eigenvalue weighted by Gasteiger charge is -2.16. The van der Waals surface area contributed by atoms with Gasteiger partial charge in [0, 0.05) is 0 Å². The first-order valence-electron chi connectivity index (χ1n) is 3.71. The lowest BCUT2D eigenvalue weighted by atomic mass is 9.98. The van der Waals surface area contributed by atoms with Gasteiger partial charge in [0.1, 0.15) is 0 Å². The van der Waals surface area contributed by atoms with E-state index in [1.807, 2.05) is 0 Å². The molecule has 1 aliphatic rings. The van der Waals surface area contributed by atoms with E-state index in [-0.39, 0.29) is 0 Å². The smallest absolute Gasteiger partial charge is 0.302 e. The van der Waals surface area contributed by atoms with Gasteiger partial charge < -0.3 is 9.84 Å². The maximum Gasteiger partial charge on any atom is 0.302 e. The number of aliphatic hydroxyl groups is 1. The standard InChI is InChI=1S/C7H12F2O2/c1-3-5-4(2)7(8,9)6(10)11-5/h4-6,10H,3H2,1-2H3/t4-,5+,6?/m0/s1. The van der Waals surface area contributed by atoms with Gasteiger partial charge in [0.2, 0.25) is 6.29 Å². The highest BCUT2D eigenvalue weighted by molar-refractivity contribution is 4.88. The Kier molecular flexibility index (Phi) is 2.16. The van der Waals surface area contributed by atoms with E-state index in [0.717, 1.165) is 0 Å². The molecule has 1 fully saturated rings. The SMILES string of the molecule is CC[C@H]1OC(O)C(F)(F)[C@H]1C. The van der Waals surface area contributed by atoms with Gasteiger partial charge in [-0.3, -0.25) is 0 Å². The highest BCUT2D eigenvalue weighted by Gasteiger charge is 2.55. The number of alkyl halides is 2. The largest absolute Gasteiger partial charge is 0.363 e. The Morgan fingerprint density at radius 1 is 1.55 bits per heavy atom. The van der Waals surface area contributed by atoms with Crippen molar-refractivity contribution in [2.75, 3.05) is 0 Å². The van der Waals surface area contributed by atoms with Crippen LogP contribution in [-0.2, 0) is 4.74 Å². The van der Waals surface area contributed by atoms with Gasteiger partial charge in [-0.15, -0.1) is 0 Å². The summed E-state index contributed by atoms with van der Waals surface area (Å²) in [5.74, 6) is -3.97. The Morgan fingerprint density at radius 2 is 2.09 bits per heavy atom. The highest BCUT2D eigenvalue weighted by Crippen LogP contribution is 2.40. The molecule has 66 valence electrons. The van der Waals surface area contributed by atoms with Crippen molar-refractivity contribution in [3.63, 3.8) is 0 Å². The lowest BCUT2D eigenvalue weighted by Crippen LogP contribution is -2.33. The molecule has 0 aliphatic carbocycles. The number of hydrogen-bond donors (Lipinski definition) is 1. The molecule has 1 aliphatic heterocycles. The molecule has 0 aromatic heterocycles. The molecule has 0 radical (unpaired) electrons. The van der Waals surface area contributed by atoms with Crippen molar-refractivity contribution in [1.82, 2.24) is 0 Å². The molecule has 3 atom stereocenters. The van der Waals surface area contributed by atoms with Crippen molar-refractivity contribution < 1.29 is 18.6 Å². The van der Waals surface area contributed by atoms with Crippen molar-refractivity contribution in [2.24, 2.45) is 5.92 Å². The van der Waals surface area contributed by atoms with Crippen LogP contribution in [0.1, 0.15) is 20.3 Å². The monoisotopic (exact) mass is 166 g/mol. The van der Waals surface area contributed by atoms with Crippen LogP contribution in [0.5, 0.6) is 0 Å². The van der Waals surface area contributed by atoms with Gasteiger partial charge in [-0.25, -0.2) is 8.78 Å². The molecule has 1 saturated heterocycles. The van der Waals surface area contributed by atoms with E-state index in [9.17, 15) is 8.78 Å². The molecule has 2 nitrogen and oxygen atoms in total. The molecule has 1 rings (SSSR count). The Balaban J connectivity index is 2.71. The number of hydrogen-bond acceptors (Lipinski definition) is 2. The van der Waals surface area contributed by atoms with Crippen LogP contribution in [0.25, 0.3) is 0 Å². The average molecular weight is 166 g/mol. The fraction of sp³-hybridized carbons (Fsp3) is 1.00. The van der Waals surface area contributed by atoms with Crippen LogP contribution in [0.4, 0.5) is 8.78 Å². The van der Waals surface area contributed by atoms with Gasteiger partial charge in [-0.05, 0) is 6.42 Å². The third-order valence-corrected chi connectivity index (χ3v) is 2.20. The Bertz CT molecular complexity index is 149. The van der Waals surface area contributed by atoms with Gasteiger partial charge in [-0.1, -0.05) is 13.8 Å². The fourth-order valence-electron chi connectivity index (χ4n) is 1.30. The van der Waals surface area contributed by atoms with E-state index in [4.69, 9.17) is 5.11 Å². The molecule has 0 amide bonds. The third-order valence-electron chi connectivity index (χ3n) is 2.20. The molecule has 0 aromatic carbocycles. The minimum absolute atomic E-state index is 0.508. The molecule has 0 saturated carbocycles. The van der Waals surface area contributed by atoms with Crippen molar-refractivity contribution in [3.05, 3.63) is 0 Å². The summed E-state index contributed by atoms with van der Waals surface area (Å²) < 4.78 is 30.2. The Labute approximate surface area is 64.2 Å². The van der Waals surface area contributed by atoms with E-state index in [2.05, 4.69) is 4.74 Å². The zero-order valence-corrected chi connectivity index (χ0v) is 6.55. The van der Waals surface area contributed by atoms with Crippen molar-refractivity contribution in [2.45, 2.75) is 38.6 Å². The molecular formula is C7H12F2O2. The van der Waals surface area contributed by atoms with Gasteiger partial charge in [0.05, 0.1) is 12.0 Å². The summed E-state index contributed by atoms with van der Waals surface area (Å²) in [6.07, 6.45) is -1.92. The first kappa shape index (κ1) is 8.87. The van der Waals surface area contributed by atoms with Crippen molar-refractivity contribution >= 4 is 0 Å². The summed E-state index contributed by atoms with van der Waals surface area (Å²) in [5, 5.41) is 8.76. The summed E-state index contributed by atoms with van der Waals surface area (Å²) in [6, 6.07) is 0. The number of halogens is 2. The summed E-state index contributed by atoms with van der Waals surface area (Å²) >= 11 is 0. The number of ether oxygens (including phenoxy) is 1. The topological polar surface area (TPSA) is 29.5 Å². The van der Waals surface area contributed by atoms with Gasteiger partial charge in [-0.2, -0.15) is 0 Å². The zero-order chi connectivity index (χ0) is 8.65. The number of rotatable bonds is 1. The minimum atomic E-state index is -3.08. The summed E-state index contributed by atoms with van der Waals surface area (Å²) in [6.45, 7) is 3.15. The van der Waals surface area contributed by atoms with E-state index in [1.165, 1.54) is 6.92 Å². The van der Waals surface area contributed by atoms with Gasteiger partial charge in [0.15, 0.2) is 0 Å². The average Bonchev–Trinajstić information content (AvgIpc) is 2.14. The van der Waals surface area contributed by atoms with Crippen molar-refractivity contribution in [3.8, 4) is 0 Å². The van der Waals surface area contributed by atoms with Crippen LogP contribution >= 0.6 is 0 Å². The molecule has 1 heterocycles. The second kappa shape index (κ2) is 2.68. The molecule has 4 heteroatoms. The van der Waals surface area contributed by atoms with Crippen LogP contribution in [0.15, 0.2) is 0 Å². The molecule has 0 spiro atoms. The molecule has 1 unspecified atom stereocenters. The predicted octanol–water partition coefficient (Wildman–Crippen LogP) is 1.39. The molecule has 1 N–H and O–H groups in total. The quantitative estimate of drug-likeness (QED) is 0.637. The molecule has 0 bridgehead atoms. The summed E-state index contributed by atoms with van der Waals surface area (Å²) in [4.78, 5) is 0. The van der Waals surface area contributed by atoms with E-state index in [0.29, 0.717) is 6.42 Å². The normalized spacial score (nSPS) is 42.8.